The molecule has 0 aliphatic heterocycles. The van der Waals surface area contributed by atoms with Gasteiger partial charge in [-0.2, -0.15) is 0 Å². The molecule has 0 radical (unpaired) electrons. The highest BCUT2D eigenvalue weighted by Crippen LogP contribution is 2.23. The summed E-state index contributed by atoms with van der Waals surface area (Å²) in [6.07, 6.45) is 0.229. The van der Waals surface area contributed by atoms with E-state index in [2.05, 4.69) is 24.3 Å². The first kappa shape index (κ1) is 15.1. The monoisotopic (exact) mass is 288 g/mol. The SMILES string of the molecule is COc1ccc(-c2cc(CC(=O)NCC(C)C)no2)cc1. The molecule has 2 aromatic rings. The Morgan fingerprint density at radius 1 is 1.33 bits per heavy atom. The number of nitrogens with zero attached hydrogens (tertiary/aromatic N) is 1. The van der Waals surface area contributed by atoms with Crippen LogP contribution in [0.15, 0.2) is 34.9 Å². The van der Waals surface area contributed by atoms with Gasteiger partial charge in [-0.3, -0.25) is 4.79 Å². The van der Waals surface area contributed by atoms with Gasteiger partial charge in [-0.05, 0) is 30.2 Å². The molecule has 0 aliphatic carbocycles. The minimum atomic E-state index is -0.0433. The number of carbonyl (C=O) groups is 1. The summed E-state index contributed by atoms with van der Waals surface area (Å²) in [6.45, 7) is 4.78. The van der Waals surface area contributed by atoms with Gasteiger partial charge in [0.15, 0.2) is 5.76 Å². The number of ether oxygens (including phenoxy) is 1. The number of benzene rings is 1. The lowest BCUT2D eigenvalue weighted by Crippen LogP contribution is -2.28. The molecule has 0 atom stereocenters. The van der Waals surface area contributed by atoms with Crippen LogP contribution in [0.2, 0.25) is 0 Å². The Hall–Kier alpha value is -2.30. The summed E-state index contributed by atoms with van der Waals surface area (Å²) in [4.78, 5) is 11.7. The molecular weight excluding hydrogens is 268 g/mol. The maximum Gasteiger partial charge on any atom is 0.226 e. The molecular formula is C16H20N2O3. The maximum atomic E-state index is 11.7. The molecule has 1 N–H and O–H groups in total. The first-order chi connectivity index (χ1) is 10.1. The van der Waals surface area contributed by atoms with Gasteiger partial charge in [0.1, 0.15) is 5.75 Å². The second-order valence-corrected chi connectivity index (χ2v) is 5.29. The molecule has 2 rings (SSSR count). The lowest BCUT2D eigenvalue weighted by Gasteiger charge is -2.05. The highest BCUT2D eigenvalue weighted by atomic mass is 16.5. The standard InChI is InChI=1S/C16H20N2O3/c1-11(2)10-17-16(19)9-13-8-15(21-18-13)12-4-6-14(20-3)7-5-12/h4-8,11H,9-10H2,1-3H3,(H,17,19). The Morgan fingerprint density at radius 3 is 2.67 bits per heavy atom. The number of rotatable bonds is 6. The van der Waals surface area contributed by atoms with Crippen LogP contribution in [0.25, 0.3) is 11.3 Å². The Kier molecular flexibility index (Phi) is 4.98. The van der Waals surface area contributed by atoms with Crippen LogP contribution in [0.1, 0.15) is 19.5 Å². The van der Waals surface area contributed by atoms with Crippen LogP contribution >= 0.6 is 0 Å². The van der Waals surface area contributed by atoms with Gasteiger partial charge in [0.05, 0.1) is 19.2 Å². The fourth-order valence-corrected chi connectivity index (χ4v) is 1.83. The van der Waals surface area contributed by atoms with E-state index in [4.69, 9.17) is 9.26 Å². The average molecular weight is 288 g/mol. The van der Waals surface area contributed by atoms with E-state index in [1.807, 2.05) is 24.3 Å². The third-order valence-corrected chi connectivity index (χ3v) is 2.98. The second kappa shape index (κ2) is 6.92. The normalized spacial score (nSPS) is 10.7. The third-order valence-electron chi connectivity index (χ3n) is 2.98. The molecule has 5 heteroatoms. The average Bonchev–Trinajstić information content (AvgIpc) is 2.93. The number of aromatic nitrogens is 1. The van der Waals surface area contributed by atoms with E-state index in [0.29, 0.717) is 23.9 Å². The molecule has 0 unspecified atom stereocenters. The molecule has 0 bridgehead atoms. The summed E-state index contributed by atoms with van der Waals surface area (Å²) in [5.41, 5.74) is 1.53. The van der Waals surface area contributed by atoms with E-state index in [0.717, 1.165) is 11.3 Å². The van der Waals surface area contributed by atoms with Gasteiger partial charge in [-0.25, -0.2) is 0 Å². The molecule has 1 aromatic heterocycles. The summed E-state index contributed by atoms with van der Waals surface area (Å²) in [5, 5.41) is 6.79. The molecule has 1 amide bonds. The summed E-state index contributed by atoms with van der Waals surface area (Å²) >= 11 is 0. The lowest BCUT2D eigenvalue weighted by molar-refractivity contribution is -0.120. The number of methoxy groups -OCH3 is 1. The smallest absolute Gasteiger partial charge is 0.226 e. The van der Waals surface area contributed by atoms with E-state index >= 15 is 0 Å². The van der Waals surface area contributed by atoms with E-state index < -0.39 is 0 Å². The topological polar surface area (TPSA) is 64.4 Å². The summed E-state index contributed by atoms with van der Waals surface area (Å²) in [5.74, 6) is 1.82. The van der Waals surface area contributed by atoms with Crippen LogP contribution in [-0.4, -0.2) is 24.7 Å². The van der Waals surface area contributed by atoms with Gasteiger partial charge in [-0.1, -0.05) is 19.0 Å². The molecule has 1 heterocycles. The number of hydrogen-bond acceptors (Lipinski definition) is 4. The molecule has 0 aliphatic rings. The van der Waals surface area contributed by atoms with Crippen LogP contribution in [0, 0.1) is 5.92 Å². The van der Waals surface area contributed by atoms with Crippen LogP contribution in [0.4, 0.5) is 0 Å². The molecule has 0 fully saturated rings. The van der Waals surface area contributed by atoms with Crippen LogP contribution in [-0.2, 0) is 11.2 Å². The van der Waals surface area contributed by atoms with Crippen LogP contribution in [0.3, 0.4) is 0 Å². The molecule has 21 heavy (non-hydrogen) atoms. The highest BCUT2D eigenvalue weighted by Gasteiger charge is 2.11. The minimum absolute atomic E-state index is 0.0433. The van der Waals surface area contributed by atoms with Crippen molar-refractivity contribution in [1.29, 1.82) is 0 Å². The van der Waals surface area contributed by atoms with Crippen molar-refractivity contribution in [3.8, 4) is 17.1 Å². The van der Waals surface area contributed by atoms with Crippen molar-refractivity contribution in [1.82, 2.24) is 10.5 Å². The third kappa shape index (κ3) is 4.34. The Labute approximate surface area is 124 Å². The van der Waals surface area contributed by atoms with Crippen molar-refractivity contribution in [2.45, 2.75) is 20.3 Å². The summed E-state index contributed by atoms with van der Waals surface area (Å²) < 4.78 is 10.4. The molecule has 1 aromatic carbocycles. The molecule has 5 nitrogen and oxygen atoms in total. The summed E-state index contributed by atoms with van der Waals surface area (Å²) in [6, 6.07) is 9.28. The zero-order valence-corrected chi connectivity index (χ0v) is 12.6. The Bertz CT molecular complexity index is 588. The van der Waals surface area contributed by atoms with Crippen molar-refractivity contribution in [3.05, 3.63) is 36.0 Å². The fraction of sp³-hybridized carbons (Fsp3) is 0.375. The number of nitrogens with one attached hydrogen (secondary N) is 1. The Balaban J connectivity index is 1.98. The van der Waals surface area contributed by atoms with Crippen molar-refractivity contribution in [2.24, 2.45) is 5.92 Å². The highest BCUT2D eigenvalue weighted by molar-refractivity contribution is 5.78. The van der Waals surface area contributed by atoms with Gasteiger partial charge in [0.2, 0.25) is 5.91 Å². The molecule has 112 valence electrons. The zero-order chi connectivity index (χ0) is 15.2. The lowest BCUT2D eigenvalue weighted by atomic mass is 10.1. The quantitative estimate of drug-likeness (QED) is 0.887. The molecule has 0 saturated heterocycles. The first-order valence-corrected chi connectivity index (χ1v) is 6.95. The van der Waals surface area contributed by atoms with Crippen LogP contribution in [0.5, 0.6) is 5.75 Å². The van der Waals surface area contributed by atoms with E-state index in [-0.39, 0.29) is 12.3 Å². The molecule has 0 spiro atoms. The molecule has 0 saturated carbocycles. The van der Waals surface area contributed by atoms with Crippen LogP contribution < -0.4 is 10.1 Å². The first-order valence-electron chi connectivity index (χ1n) is 6.95. The minimum Gasteiger partial charge on any atom is -0.497 e. The van der Waals surface area contributed by atoms with Crippen molar-refractivity contribution >= 4 is 5.91 Å². The number of hydrogen-bond donors (Lipinski definition) is 1. The fourth-order valence-electron chi connectivity index (χ4n) is 1.83. The van der Waals surface area contributed by atoms with E-state index in [1.54, 1.807) is 13.2 Å². The van der Waals surface area contributed by atoms with Gasteiger partial charge >= 0.3 is 0 Å². The second-order valence-electron chi connectivity index (χ2n) is 5.29. The predicted molar refractivity (Wildman–Crippen MR) is 80.0 cm³/mol. The van der Waals surface area contributed by atoms with Gasteiger partial charge in [0, 0.05) is 18.2 Å². The van der Waals surface area contributed by atoms with Crippen molar-refractivity contribution in [3.63, 3.8) is 0 Å². The summed E-state index contributed by atoms with van der Waals surface area (Å²) in [7, 11) is 1.62. The zero-order valence-electron chi connectivity index (χ0n) is 12.6. The van der Waals surface area contributed by atoms with Crippen molar-refractivity contribution in [2.75, 3.05) is 13.7 Å². The maximum absolute atomic E-state index is 11.7. The van der Waals surface area contributed by atoms with E-state index in [1.165, 1.54) is 0 Å². The van der Waals surface area contributed by atoms with Crippen molar-refractivity contribution < 1.29 is 14.1 Å². The van der Waals surface area contributed by atoms with Gasteiger partial charge < -0.3 is 14.6 Å². The Morgan fingerprint density at radius 2 is 2.05 bits per heavy atom. The largest absolute Gasteiger partial charge is 0.497 e. The van der Waals surface area contributed by atoms with E-state index in [9.17, 15) is 4.79 Å². The predicted octanol–water partition coefficient (Wildman–Crippen LogP) is 2.66. The van der Waals surface area contributed by atoms with Gasteiger partial charge in [-0.15, -0.1) is 0 Å². The number of amides is 1. The van der Waals surface area contributed by atoms with Gasteiger partial charge in [0.25, 0.3) is 0 Å². The number of carbonyl (C=O) groups excluding carboxylic acids is 1.